The Bertz CT molecular complexity index is 690. The number of aromatic hydroxyl groups is 1. The fraction of sp³-hybridized carbons (Fsp3) is 0.600. The lowest BCUT2D eigenvalue weighted by molar-refractivity contribution is -0.147. The maximum Gasteiger partial charge on any atom is 0.254 e. The Morgan fingerprint density at radius 2 is 1.68 bits per heavy atom. The topological polar surface area (TPSA) is 60.9 Å². The summed E-state index contributed by atoms with van der Waals surface area (Å²) in [4.78, 5) is 30.2. The van der Waals surface area contributed by atoms with Crippen LogP contribution in [-0.2, 0) is 4.79 Å². The van der Waals surface area contributed by atoms with Crippen molar-refractivity contribution in [1.82, 2.24) is 9.80 Å². The third kappa shape index (κ3) is 2.79. The Hall–Kier alpha value is -2.04. The second-order valence-electron chi connectivity index (χ2n) is 7.75. The van der Waals surface area contributed by atoms with Crippen molar-refractivity contribution in [2.75, 3.05) is 13.1 Å². The quantitative estimate of drug-likeness (QED) is 0.897. The monoisotopic (exact) mass is 344 g/mol. The number of carbonyl (C=O) groups is 2. The maximum absolute atomic E-state index is 13.2. The van der Waals surface area contributed by atoms with Gasteiger partial charge in [-0.3, -0.25) is 9.59 Å². The van der Waals surface area contributed by atoms with Gasteiger partial charge in [0.1, 0.15) is 11.3 Å². The summed E-state index contributed by atoms with van der Waals surface area (Å²) in [5, 5.41) is 9.97. The molecule has 136 valence electrons. The summed E-state index contributed by atoms with van der Waals surface area (Å²) in [6.07, 6.45) is 3.29. The molecule has 0 aromatic heterocycles. The van der Waals surface area contributed by atoms with Crippen LogP contribution in [0.15, 0.2) is 12.1 Å². The van der Waals surface area contributed by atoms with Gasteiger partial charge in [0.05, 0.1) is 0 Å². The Kier molecular flexibility index (Phi) is 4.52. The molecule has 25 heavy (non-hydrogen) atoms. The molecular weight excluding hydrogens is 316 g/mol. The number of hydrogen-bond acceptors (Lipinski definition) is 3. The number of rotatable bonds is 2. The van der Waals surface area contributed by atoms with Crippen LogP contribution in [0.4, 0.5) is 0 Å². The van der Waals surface area contributed by atoms with Gasteiger partial charge >= 0.3 is 0 Å². The van der Waals surface area contributed by atoms with Crippen LogP contribution in [0.1, 0.15) is 61.0 Å². The fourth-order valence-electron chi connectivity index (χ4n) is 4.40. The van der Waals surface area contributed by atoms with Gasteiger partial charge < -0.3 is 14.9 Å². The molecule has 2 aliphatic rings. The first kappa shape index (κ1) is 17.8. The molecule has 1 unspecified atom stereocenters. The van der Waals surface area contributed by atoms with Crippen LogP contribution in [0, 0.1) is 13.8 Å². The van der Waals surface area contributed by atoms with Crippen LogP contribution in [0.3, 0.4) is 0 Å². The molecule has 1 spiro atoms. The van der Waals surface area contributed by atoms with E-state index in [9.17, 15) is 14.7 Å². The van der Waals surface area contributed by atoms with E-state index < -0.39 is 5.54 Å². The van der Waals surface area contributed by atoms with E-state index >= 15 is 0 Å². The van der Waals surface area contributed by atoms with E-state index in [4.69, 9.17) is 0 Å². The highest BCUT2D eigenvalue weighted by Crippen LogP contribution is 2.40. The van der Waals surface area contributed by atoms with Crippen molar-refractivity contribution in [3.05, 3.63) is 28.8 Å². The molecule has 2 heterocycles. The highest BCUT2D eigenvalue weighted by Gasteiger charge is 2.53. The van der Waals surface area contributed by atoms with E-state index in [1.807, 2.05) is 18.7 Å². The van der Waals surface area contributed by atoms with Gasteiger partial charge in [0.2, 0.25) is 5.91 Å². The minimum Gasteiger partial charge on any atom is -0.507 e. The Morgan fingerprint density at radius 3 is 2.24 bits per heavy atom. The van der Waals surface area contributed by atoms with Crippen LogP contribution in [-0.4, -0.2) is 51.4 Å². The van der Waals surface area contributed by atoms with E-state index in [0.29, 0.717) is 23.2 Å². The van der Waals surface area contributed by atoms with E-state index in [1.54, 1.807) is 30.9 Å². The number of amides is 2. The number of carbonyl (C=O) groups excluding carboxylic acids is 2. The molecule has 2 amide bonds. The van der Waals surface area contributed by atoms with Crippen LogP contribution in [0.2, 0.25) is 0 Å². The average Bonchev–Trinajstić information content (AvgIpc) is 2.98. The summed E-state index contributed by atoms with van der Waals surface area (Å²) in [6.45, 7) is 9.05. The first-order valence-corrected chi connectivity index (χ1v) is 9.21. The van der Waals surface area contributed by atoms with Crippen LogP contribution in [0.25, 0.3) is 0 Å². The van der Waals surface area contributed by atoms with E-state index in [1.165, 1.54) is 0 Å². The minimum atomic E-state index is -0.681. The molecule has 0 saturated carbocycles. The smallest absolute Gasteiger partial charge is 0.254 e. The lowest BCUT2D eigenvalue weighted by Crippen LogP contribution is -2.62. The number of nitrogens with zero attached hydrogens (tertiary/aromatic N) is 2. The Labute approximate surface area is 149 Å². The van der Waals surface area contributed by atoms with Crippen molar-refractivity contribution >= 4 is 11.8 Å². The molecule has 3 rings (SSSR count). The normalized spacial score (nSPS) is 23.8. The molecule has 0 bridgehead atoms. The zero-order valence-electron chi connectivity index (χ0n) is 15.6. The molecular formula is C20H28N2O3. The van der Waals surface area contributed by atoms with Crippen LogP contribution in [0.5, 0.6) is 5.75 Å². The molecule has 0 radical (unpaired) electrons. The summed E-state index contributed by atoms with van der Waals surface area (Å²) >= 11 is 0. The van der Waals surface area contributed by atoms with Gasteiger partial charge in [0.15, 0.2) is 0 Å². The molecule has 2 fully saturated rings. The Morgan fingerprint density at radius 1 is 1.12 bits per heavy atom. The van der Waals surface area contributed by atoms with E-state index in [0.717, 1.165) is 32.2 Å². The van der Waals surface area contributed by atoms with Gasteiger partial charge in [-0.05, 0) is 76.6 Å². The van der Waals surface area contributed by atoms with Gasteiger partial charge in [0, 0.05) is 24.7 Å². The van der Waals surface area contributed by atoms with Gasteiger partial charge in [0.25, 0.3) is 5.91 Å². The molecule has 1 aromatic rings. The number of likely N-dealkylation sites (tertiary alicyclic amines) is 2. The third-order valence-electron chi connectivity index (χ3n) is 5.74. The van der Waals surface area contributed by atoms with Crippen molar-refractivity contribution in [1.29, 1.82) is 0 Å². The second-order valence-corrected chi connectivity index (χ2v) is 7.75. The maximum atomic E-state index is 13.2. The predicted octanol–water partition coefficient (Wildman–Crippen LogP) is 3.01. The fourth-order valence-corrected chi connectivity index (χ4v) is 4.40. The molecule has 5 nitrogen and oxygen atoms in total. The molecule has 1 N–H and O–H groups in total. The highest BCUT2D eigenvalue weighted by molar-refractivity contribution is 6.00. The minimum absolute atomic E-state index is 0.0948. The van der Waals surface area contributed by atoms with Crippen LogP contribution >= 0.6 is 0 Å². The van der Waals surface area contributed by atoms with E-state index in [2.05, 4.69) is 0 Å². The lowest BCUT2D eigenvalue weighted by Gasteiger charge is -2.46. The Balaban J connectivity index is 1.96. The van der Waals surface area contributed by atoms with Gasteiger partial charge in [-0.25, -0.2) is 0 Å². The summed E-state index contributed by atoms with van der Waals surface area (Å²) in [6, 6.07) is 3.61. The number of aryl methyl sites for hydroxylation is 2. The first-order valence-electron chi connectivity index (χ1n) is 9.21. The van der Waals surface area contributed by atoms with Crippen molar-refractivity contribution in [3.8, 4) is 5.75 Å². The number of piperidine rings is 1. The summed E-state index contributed by atoms with van der Waals surface area (Å²) < 4.78 is 0. The van der Waals surface area contributed by atoms with Crippen molar-refractivity contribution in [3.63, 3.8) is 0 Å². The molecule has 5 heteroatoms. The molecule has 0 aliphatic carbocycles. The summed E-state index contributed by atoms with van der Waals surface area (Å²) in [5.74, 6) is 0.238. The summed E-state index contributed by atoms with van der Waals surface area (Å²) in [7, 11) is 0. The van der Waals surface area contributed by atoms with Crippen molar-refractivity contribution in [2.45, 2.75) is 65.0 Å². The molecule has 2 saturated heterocycles. The van der Waals surface area contributed by atoms with Gasteiger partial charge in [-0.2, -0.15) is 0 Å². The van der Waals surface area contributed by atoms with Gasteiger partial charge in [-0.1, -0.05) is 0 Å². The molecule has 1 aromatic carbocycles. The lowest BCUT2D eigenvalue weighted by atomic mass is 9.84. The molecule has 2 aliphatic heterocycles. The van der Waals surface area contributed by atoms with Crippen molar-refractivity contribution in [2.24, 2.45) is 0 Å². The number of benzene rings is 1. The average molecular weight is 344 g/mol. The summed E-state index contributed by atoms with van der Waals surface area (Å²) in [5.41, 5.74) is 1.26. The van der Waals surface area contributed by atoms with Gasteiger partial charge in [-0.15, -0.1) is 0 Å². The first-order chi connectivity index (χ1) is 11.8. The number of phenols is 1. The highest BCUT2D eigenvalue weighted by atomic mass is 16.3. The SMILES string of the molecule is Cc1cc(C(=O)N2CCCC23CCCN(C(C)C)C3=O)cc(C)c1O. The third-order valence-corrected chi connectivity index (χ3v) is 5.74. The largest absolute Gasteiger partial charge is 0.507 e. The second kappa shape index (κ2) is 6.36. The number of phenolic OH excluding ortho intramolecular Hbond substituents is 1. The zero-order chi connectivity index (χ0) is 18.4. The van der Waals surface area contributed by atoms with Crippen LogP contribution < -0.4 is 0 Å². The van der Waals surface area contributed by atoms with Crippen molar-refractivity contribution < 1.29 is 14.7 Å². The predicted molar refractivity (Wildman–Crippen MR) is 96.7 cm³/mol. The number of hydrogen-bond donors (Lipinski definition) is 1. The zero-order valence-corrected chi connectivity index (χ0v) is 15.6. The van der Waals surface area contributed by atoms with E-state index in [-0.39, 0.29) is 23.6 Å². The standard InChI is InChI=1S/C20H28N2O3/c1-13(2)21-9-5-7-20(19(21)25)8-6-10-22(20)18(24)16-11-14(3)17(23)15(4)12-16/h11-13,23H,5-10H2,1-4H3. The molecule has 1 atom stereocenters.